The molecule has 0 spiro atoms. The number of rotatable bonds is 4. The van der Waals surface area contributed by atoms with Crippen molar-refractivity contribution in [1.82, 2.24) is 20.1 Å². The highest BCUT2D eigenvalue weighted by Crippen LogP contribution is 2.22. The minimum Gasteiger partial charge on any atom is -0.367 e. The van der Waals surface area contributed by atoms with Gasteiger partial charge >= 0.3 is 0 Å². The van der Waals surface area contributed by atoms with Gasteiger partial charge in [0, 0.05) is 9.75 Å². The second kappa shape index (κ2) is 5.18. The van der Waals surface area contributed by atoms with Crippen molar-refractivity contribution in [2.45, 2.75) is 26.4 Å². The zero-order chi connectivity index (χ0) is 13.1. The van der Waals surface area contributed by atoms with Gasteiger partial charge in [0.05, 0.1) is 6.04 Å². The molecule has 0 aromatic carbocycles. The van der Waals surface area contributed by atoms with Crippen LogP contribution >= 0.6 is 11.3 Å². The molecule has 6 nitrogen and oxygen atoms in total. The van der Waals surface area contributed by atoms with Gasteiger partial charge in [0.2, 0.25) is 11.9 Å². The number of hydrogen-bond donors (Lipinski definition) is 2. The first-order valence-corrected chi connectivity index (χ1v) is 6.37. The van der Waals surface area contributed by atoms with Gasteiger partial charge in [-0.05, 0) is 26.0 Å². The van der Waals surface area contributed by atoms with Crippen LogP contribution in [0, 0.1) is 6.92 Å². The fourth-order valence-corrected chi connectivity index (χ4v) is 2.46. The molecule has 0 aliphatic heterocycles. The maximum Gasteiger partial charge on any atom is 0.242 e. The van der Waals surface area contributed by atoms with Crippen molar-refractivity contribution in [2.24, 2.45) is 0 Å². The Labute approximate surface area is 109 Å². The molecule has 3 N–H and O–H groups in total. The number of thiophene rings is 1. The molecular weight excluding hydrogens is 250 g/mol. The Balaban J connectivity index is 1.91. The second-order valence-corrected chi connectivity index (χ2v) is 5.36. The zero-order valence-corrected chi connectivity index (χ0v) is 11.1. The van der Waals surface area contributed by atoms with E-state index >= 15 is 0 Å². The molecule has 0 radical (unpaired) electrons. The van der Waals surface area contributed by atoms with Gasteiger partial charge in [0.25, 0.3) is 0 Å². The largest absolute Gasteiger partial charge is 0.367 e. The summed E-state index contributed by atoms with van der Waals surface area (Å²) in [5.41, 5.74) is 5.38. The van der Waals surface area contributed by atoms with Crippen molar-refractivity contribution < 1.29 is 4.79 Å². The Kier molecular flexibility index (Phi) is 3.61. The topological polar surface area (TPSA) is 85.8 Å². The summed E-state index contributed by atoms with van der Waals surface area (Å²) in [6, 6.07) is 4.07. The highest BCUT2D eigenvalue weighted by atomic mass is 32.1. The number of nitrogens with zero attached hydrogens (tertiary/aromatic N) is 3. The quantitative estimate of drug-likeness (QED) is 0.867. The highest BCUT2D eigenvalue weighted by molar-refractivity contribution is 7.12. The van der Waals surface area contributed by atoms with E-state index in [2.05, 4.69) is 15.4 Å². The van der Waals surface area contributed by atoms with Crippen molar-refractivity contribution in [3.63, 3.8) is 0 Å². The smallest absolute Gasteiger partial charge is 0.242 e. The van der Waals surface area contributed by atoms with Crippen LogP contribution in [-0.4, -0.2) is 20.7 Å². The molecule has 18 heavy (non-hydrogen) atoms. The Morgan fingerprint density at radius 1 is 1.61 bits per heavy atom. The van der Waals surface area contributed by atoms with E-state index < -0.39 is 0 Å². The molecule has 96 valence electrons. The fraction of sp³-hybridized carbons (Fsp3) is 0.364. The first-order valence-electron chi connectivity index (χ1n) is 5.55. The maximum absolute atomic E-state index is 11.8. The molecule has 0 aliphatic rings. The van der Waals surface area contributed by atoms with Gasteiger partial charge in [-0.3, -0.25) is 4.79 Å². The van der Waals surface area contributed by atoms with Gasteiger partial charge in [-0.25, -0.2) is 9.67 Å². The summed E-state index contributed by atoms with van der Waals surface area (Å²) in [6.45, 7) is 4.12. The van der Waals surface area contributed by atoms with E-state index in [0.29, 0.717) is 0 Å². The monoisotopic (exact) mass is 265 g/mol. The number of carbonyl (C=O) groups is 1. The standard InChI is InChI=1S/C11H15N5OS/c1-7-3-4-9(18-7)8(2)14-10(17)5-16-6-13-11(12)15-16/h3-4,6,8H,5H2,1-2H3,(H2,12,15)(H,14,17). The summed E-state index contributed by atoms with van der Waals surface area (Å²) in [5, 5.41) is 6.77. The number of hydrogen-bond acceptors (Lipinski definition) is 5. The highest BCUT2D eigenvalue weighted by Gasteiger charge is 2.12. The van der Waals surface area contributed by atoms with E-state index in [0.717, 1.165) is 4.88 Å². The lowest BCUT2D eigenvalue weighted by Gasteiger charge is -2.11. The third-order valence-corrected chi connectivity index (χ3v) is 3.61. The van der Waals surface area contributed by atoms with Crippen molar-refractivity contribution in [3.05, 3.63) is 28.2 Å². The summed E-state index contributed by atoms with van der Waals surface area (Å²) in [4.78, 5) is 17.9. The molecular formula is C11H15N5OS. The fourth-order valence-electron chi connectivity index (χ4n) is 1.58. The van der Waals surface area contributed by atoms with Gasteiger partial charge in [0.15, 0.2) is 0 Å². The van der Waals surface area contributed by atoms with E-state index in [1.54, 1.807) is 11.3 Å². The number of carbonyl (C=O) groups excluding carboxylic acids is 1. The number of aryl methyl sites for hydroxylation is 1. The summed E-state index contributed by atoms with van der Waals surface area (Å²) >= 11 is 1.68. The van der Waals surface area contributed by atoms with Crippen molar-refractivity contribution in [3.8, 4) is 0 Å². The predicted molar refractivity (Wildman–Crippen MR) is 70.0 cm³/mol. The number of amides is 1. The van der Waals surface area contributed by atoms with Crippen molar-refractivity contribution in [2.75, 3.05) is 5.73 Å². The molecule has 2 heterocycles. The molecule has 1 unspecified atom stereocenters. The molecule has 7 heteroatoms. The van der Waals surface area contributed by atoms with Gasteiger partial charge < -0.3 is 11.1 Å². The van der Waals surface area contributed by atoms with Gasteiger partial charge in [0.1, 0.15) is 12.9 Å². The maximum atomic E-state index is 11.8. The van der Waals surface area contributed by atoms with E-state index in [4.69, 9.17) is 5.73 Å². The molecule has 2 aromatic rings. The van der Waals surface area contributed by atoms with Crippen LogP contribution in [0.1, 0.15) is 22.7 Å². The third-order valence-electron chi connectivity index (χ3n) is 2.43. The third kappa shape index (κ3) is 3.07. The molecule has 0 saturated heterocycles. The lowest BCUT2D eigenvalue weighted by atomic mass is 10.2. The van der Waals surface area contributed by atoms with Crippen LogP contribution in [0.5, 0.6) is 0 Å². The number of nitrogens with two attached hydrogens (primary N) is 1. The van der Waals surface area contributed by atoms with Crippen LogP contribution in [0.15, 0.2) is 18.5 Å². The number of anilines is 1. The van der Waals surface area contributed by atoms with Gasteiger partial charge in [-0.1, -0.05) is 0 Å². The van der Waals surface area contributed by atoms with Crippen molar-refractivity contribution >= 4 is 23.2 Å². The van der Waals surface area contributed by atoms with Gasteiger partial charge in [-0.2, -0.15) is 0 Å². The minimum absolute atomic E-state index is 0.00271. The Morgan fingerprint density at radius 2 is 2.39 bits per heavy atom. The molecule has 1 atom stereocenters. The van der Waals surface area contributed by atoms with Crippen LogP contribution in [0.2, 0.25) is 0 Å². The average Bonchev–Trinajstić information content (AvgIpc) is 2.87. The second-order valence-electron chi connectivity index (χ2n) is 4.04. The number of nitrogen functional groups attached to an aromatic ring is 1. The molecule has 2 rings (SSSR count). The zero-order valence-electron chi connectivity index (χ0n) is 10.3. The molecule has 0 aliphatic carbocycles. The molecule has 0 fully saturated rings. The van der Waals surface area contributed by atoms with Crippen LogP contribution in [0.25, 0.3) is 0 Å². The first-order chi connectivity index (χ1) is 8.54. The summed E-state index contributed by atoms with van der Waals surface area (Å²) < 4.78 is 1.41. The minimum atomic E-state index is -0.113. The van der Waals surface area contributed by atoms with E-state index in [1.807, 2.05) is 26.0 Å². The van der Waals surface area contributed by atoms with Crippen LogP contribution in [-0.2, 0) is 11.3 Å². The predicted octanol–water partition coefficient (Wildman–Crippen LogP) is 1.11. The number of aromatic nitrogens is 3. The molecule has 2 aromatic heterocycles. The van der Waals surface area contributed by atoms with Crippen LogP contribution in [0.3, 0.4) is 0 Å². The van der Waals surface area contributed by atoms with E-state index in [9.17, 15) is 4.79 Å². The molecule has 0 bridgehead atoms. The van der Waals surface area contributed by atoms with E-state index in [1.165, 1.54) is 15.9 Å². The lowest BCUT2D eigenvalue weighted by molar-refractivity contribution is -0.122. The van der Waals surface area contributed by atoms with Crippen LogP contribution in [0.4, 0.5) is 5.95 Å². The van der Waals surface area contributed by atoms with Crippen LogP contribution < -0.4 is 11.1 Å². The Bertz CT molecular complexity index is 547. The first kappa shape index (κ1) is 12.6. The van der Waals surface area contributed by atoms with E-state index in [-0.39, 0.29) is 24.4 Å². The van der Waals surface area contributed by atoms with Gasteiger partial charge in [-0.15, -0.1) is 16.4 Å². The summed E-state index contributed by atoms with van der Waals surface area (Å²) in [6.07, 6.45) is 1.44. The molecule has 1 amide bonds. The normalized spacial score (nSPS) is 12.3. The summed E-state index contributed by atoms with van der Waals surface area (Å²) in [7, 11) is 0. The average molecular weight is 265 g/mol. The van der Waals surface area contributed by atoms with Crippen molar-refractivity contribution in [1.29, 1.82) is 0 Å². The molecule has 0 saturated carbocycles. The Hall–Kier alpha value is -1.89. The Morgan fingerprint density at radius 3 is 2.94 bits per heavy atom. The number of nitrogens with one attached hydrogen (secondary N) is 1. The summed E-state index contributed by atoms with van der Waals surface area (Å²) in [5.74, 6) is 0.0585. The lowest BCUT2D eigenvalue weighted by Crippen LogP contribution is -2.29. The SMILES string of the molecule is Cc1ccc(C(C)NC(=O)Cn2cnc(N)n2)s1.